The summed E-state index contributed by atoms with van der Waals surface area (Å²) in [6.45, 7) is 7.08. The van der Waals surface area contributed by atoms with Crippen LogP contribution in [-0.2, 0) is 14.3 Å². The number of rotatable bonds is 5. The Kier molecular flexibility index (Phi) is 6.49. The predicted octanol–water partition coefficient (Wildman–Crippen LogP) is 2.90. The SMILES string of the molecule is Cc1cc(O)c(C(O)=C2C(=O)C(=O)N(CCN3CCOCC3)[C@@H]2c2ccc(F)cc2)cc1C. The van der Waals surface area contributed by atoms with E-state index < -0.39 is 29.3 Å². The number of aliphatic hydroxyl groups excluding tert-OH is 1. The molecular weight excluding hydrogens is 427 g/mol. The number of carbonyl (C=O) groups is 2. The van der Waals surface area contributed by atoms with Crippen molar-refractivity contribution < 1.29 is 28.9 Å². The Labute approximate surface area is 191 Å². The summed E-state index contributed by atoms with van der Waals surface area (Å²) in [5, 5.41) is 21.6. The average molecular weight is 454 g/mol. The standard InChI is InChI=1S/C25H27FN2O5/c1-15-13-19(20(29)14-16(15)2)23(30)21-22(17-3-5-18(26)6-4-17)28(25(32)24(21)31)8-7-27-9-11-33-12-10-27/h3-6,13-14,22,29-30H,7-12H2,1-2H3/t22-/m1/s1. The number of aliphatic hydroxyl groups is 1. The largest absolute Gasteiger partial charge is 0.507 e. The Balaban J connectivity index is 1.78. The quantitative estimate of drug-likeness (QED) is 0.410. The van der Waals surface area contributed by atoms with E-state index >= 15 is 0 Å². The molecule has 4 rings (SSSR count). The lowest BCUT2D eigenvalue weighted by atomic mass is 9.94. The Bertz CT molecular complexity index is 1110. The summed E-state index contributed by atoms with van der Waals surface area (Å²) < 4.78 is 19.0. The Hall–Kier alpha value is -3.23. The van der Waals surface area contributed by atoms with E-state index in [-0.39, 0.29) is 23.4 Å². The molecule has 2 aliphatic heterocycles. The second-order valence-electron chi connectivity index (χ2n) is 8.45. The minimum Gasteiger partial charge on any atom is -0.507 e. The molecule has 2 aromatic rings. The van der Waals surface area contributed by atoms with Gasteiger partial charge in [-0.3, -0.25) is 14.5 Å². The van der Waals surface area contributed by atoms with Gasteiger partial charge in [0.25, 0.3) is 11.7 Å². The van der Waals surface area contributed by atoms with E-state index in [2.05, 4.69) is 4.90 Å². The first kappa shape index (κ1) is 22.9. The molecule has 2 heterocycles. The molecule has 1 atom stereocenters. The van der Waals surface area contributed by atoms with Gasteiger partial charge < -0.3 is 19.8 Å². The van der Waals surface area contributed by atoms with Crippen LogP contribution in [0.2, 0.25) is 0 Å². The molecule has 7 nitrogen and oxygen atoms in total. The van der Waals surface area contributed by atoms with E-state index in [4.69, 9.17) is 4.74 Å². The summed E-state index contributed by atoms with van der Waals surface area (Å²) in [6, 6.07) is 7.71. The molecule has 2 saturated heterocycles. The van der Waals surface area contributed by atoms with Crippen LogP contribution in [0.4, 0.5) is 4.39 Å². The molecule has 2 aliphatic rings. The van der Waals surface area contributed by atoms with Gasteiger partial charge in [0, 0.05) is 26.2 Å². The van der Waals surface area contributed by atoms with Crippen LogP contribution in [0.5, 0.6) is 5.75 Å². The van der Waals surface area contributed by atoms with Crippen molar-refractivity contribution in [2.75, 3.05) is 39.4 Å². The summed E-state index contributed by atoms with van der Waals surface area (Å²) in [4.78, 5) is 29.7. The van der Waals surface area contributed by atoms with Gasteiger partial charge in [0.05, 0.1) is 30.4 Å². The Morgan fingerprint density at radius 3 is 2.36 bits per heavy atom. The van der Waals surface area contributed by atoms with E-state index in [9.17, 15) is 24.2 Å². The fourth-order valence-electron chi connectivity index (χ4n) is 4.31. The number of nitrogens with zero attached hydrogens (tertiary/aromatic N) is 2. The summed E-state index contributed by atoms with van der Waals surface area (Å²) in [6.07, 6.45) is 0. The van der Waals surface area contributed by atoms with Gasteiger partial charge in [-0.15, -0.1) is 0 Å². The van der Waals surface area contributed by atoms with E-state index in [0.29, 0.717) is 25.3 Å². The maximum Gasteiger partial charge on any atom is 0.295 e. The lowest BCUT2D eigenvalue weighted by Crippen LogP contribution is -2.42. The number of halogens is 1. The zero-order chi connectivity index (χ0) is 23.7. The summed E-state index contributed by atoms with van der Waals surface area (Å²) in [5.74, 6) is -2.65. The van der Waals surface area contributed by atoms with Crippen molar-refractivity contribution in [3.8, 4) is 5.75 Å². The lowest BCUT2D eigenvalue weighted by Gasteiger charge is -2.31. The van der Waals surface area contributed by atoms with Crippen LogP contribution in [0.25, 0.3) is 5.76 Å². The van der Waals surface area contributed by atoms with Crippen LogP contribution in [0.3, 0.4) is 0 Å². The number of phenols is 1. The zero-order valence-electron chi connectivity index (χ0n) is 18.7. The molecule has 0 spiro atoms. The molecule has 2 fully saturated rings. The van der Waals surface area contributed by atoms with Crippen molar-refractivity contribution in [3.63, 3.8) is 0 Å². The van der Waals surface area contributed by atoms with Crippen LogP contribution < -0.4 is 0 Å². The number of likely N-dealkylation sites (tertiary alicyclic amines) is 1. The minimum absolute atomic E-state index is 0.0800. The van der Waals surface area contributed by atoms with Gasteiger partial charge >= 0.3 is 0 Å². The second kappa shape index (κ2) is 9.33. The molecule has 0 aromatic heterocycles. The number of hydrogen-bond donors (Lipinski definition) is 2. The van der Waals surface area contributed by atoms with Gasteiger partial charge in [0.1, 0.15) is 17.3 Å². The maximum absolute atomic E-state index is 13.6. The lowest BCUT2D eigenvalue weighted by molar-refractivity contribution is -0.140. The first-order chi connectivity index (χ1) is 15.8. The Morgan fingerprint density at radius 2 is 1.70 bits per heavy atom. The number of amides is 1. The second-order valence-corrected chi connectivity index (χ2v) is 8.45. The number of Topliss-reactive ketones (excluding diaryl/α,β-unsaturated/α-hetero) is 1. The van der Waals surface area contributed by atoms with Gasteiger partial charge in [-0.05, 0) is 54.8 Å². The number of ether oxygens (including phenoxy) is 1. The highest BCUT2D eigenvalue weighted by Gasteiger charge is 2.46. The fraction of sp³-hybridized carbons (Fsp3) is 0.360. The third kappa shape index (κ3) is 4.49. The molecule has 0 saturated carbocycles. The third-order valence-corrected chi connectivity index (χ3v) is 6.35. The van der Waals surface area contributed by atoms with E-state index in [1.807, 2.05) is 13.8 Å². The molecule has 2 N–H and O–H groups in total. The van der Waals surface area contributed by atoms with Crippen molar-refractivity contribution in [1.82, 2.24) is 9.80 Å². The molecule has 174 valence electrons. The smallest absolute Gasteiger partial charge is 0.295 e. The van der Waals surface area contributed by atoms with Crippen LogP contribution in [0, 0.1) is 19.7 Å². The first-order valence-electron chi connectivity index (χ1n) is 10.9. The van der Waals surface area contributed by atoms with E-state index in [0.717, 1.165) is 24.2 Å². The van der Waals surface area contributed by atoms with Crippen LogP contribution in [0.1, 0.15) is 28.3 Å². The Morgan fingerprint density at radius 1 is 1.06 bits per heavy atom. The number of morpholine rings is 1. The molecule has 33 heavy (non-hydrogen) atoms. The summed E-state index contributed by atoms with van der Waals surface area (Å²) in [5.41, 5.74) is 2.10. The summed E-state index contributed by atoms with van der Waals surface area (Å²) >= 11 is 0. The fourth-order valence-corrected chi connectivity index (χ4v) is 4.31. The van der Waals surface area contributed by atoms with Gasteiger partial charge in [-0.2, -0.15) is 0 Å². The number of carbonyl (C=O) groups excluding carboxylic acids is 2. The molecule has 0 bridgehead atoms. The molecular formula is C25H27FN2O5. The number of phenolic OH excluding ortho intramolecular Hbond substituents is 1. The van der Waals surface area contributed by atoms with Crippen LogP contribution >= 0.6 is 0 Å². The molecule has 0 radical (unpaired) electrons. The maximum atomic E-state index is 13.6. The highest BCUT2D eigenvalue weighted by atomic mass is 19.1. The third-order valence-electron chi connectivity index (χ3n) is 6.35. The number of aromatic hydroxyl groups is 1. The van der Waals surface area contributed by atoms with Crippen molar-refractivity contribution in [2.24, 2.45) is 0 Å². The van der Waals surface area contributed by atoms with Gasteiger partial charge in [0.15, 0.2) is 0 Å². The minimum atomic E-state index is -0.896. The van der Waals surface area contributed by atoms with Crippen molar-refractivity contribution in [3.05, 3.63) is 70.0 Å². The zero-order valence-corrected chi connectivity index (χ0v) is 18.7. The highest BCUT2D eigenvalue weighted by molar-refractivity contribution is 6.46. The van der Waals surface area contributed by atoms with Crippen molar-refractivity contribution in [1.29, 1.82) is 0 Å². The van der Waals surface area contributed by atoms with Crippen LogP contribution in [0.15, 0.2) is 42.0 Å². The number of aryl methyl sites for hydroxylation is 2. The number of benzene rings is 2. The molecule has 1 amide bonds. The van der Waals surface area contributed by atoms with Crippen LogP contribution in [-0.4, -0.2) is 71.1 Å². The first-order valence-corrected chi connectivity index (χ1v) is 10.9. The number of ketones is 1. The number of hydrogen-bond acceptors (Lipinski definition) is 6. The van der Waals surface area contributed by atoms with E-state index in [1.165, 1.54) is 35.2 Å². The molecule has 8 heteroatoms. The monoisotopic (exact) mass is 454 g/mol. The van der Waals surface area contributed by atoms with E-state index in [1.54, 1.807) is 6.07 Å². The molecule has 0 unspecified atom stereocenters. The van der Waals surface area contributed by atoms with Gasteiger partial charge in [0.2, 0.25) is 0 Å². The molecule has 0 aliphatic carbocycles. The van der Waals surface area contributed by atoms with Gasteiger partial charge in [-0.25, -0.2) is 4.39 Å². The average Bonchev–Trinajstić information content (AvgIpc) is 3.05. The topological polar surface area (TPSA) is 90.3 Å². The van der Waals surface area contributed by atoms with Crippen molar-refractivity contribution >= 4 is 17.4 Å². The predicted molar refractivity (Wildman–Crippen MR) is 120 cm³/mol. The summed E-state index contributed by atoms with van der Waals surface area (Å²) in [7, 11) is 0. The van der Waals surface area contributed by atoms with Gasteiger partial charge in [-0.1, -0.05) is 12.1 Å². The highest BCUT2D eigenvalue weighted by Crippen LogP contribution is 2.41. The molecule has 2 aromatic carbocycles. The normalized spacial score (nSPS) is 21.1. The van der Waals surface area contributed by atoms with Crippen molar-refractivity contribution in [2.45, 2.75) is 19.9 Å².